The van der Waals surface area contributed by atoms with Crippen molar-refractivity contribution in [1.82, 2.24) is 0 Å². The van der Waals surface area contributed by atoms with Crippen LogP contribution in [0.3, 0.4) is 0 Å². The Labute approximate surface area is 82.8 Å². The second-order valence-electron chi connectivity index (χ2n) is 3.03. The van der Waals surface area contributed by atoms with Gasteiger partial charge in [0.15, 0.2) is 6.10 Å². The largest absolute Gasteiger partial charge is 0.484 e. The standard InChI is InChI=1S/C9H7BrF2O/c10-6-1-3-7(4-2-6)13-8-5-9(8,11)12/h1-4,8H,5H2/t8-/m1/s1. The molecule has 1 saturated carbocycles. The molecule has 70 valence electrons. The van der Waals surface area contributed by atoms with Gasteiger partial charge in [0.2, 0.25) is 0 Å². The number of hydrogen-bond acceptors (Lipinski definition) is 1. The molecule has 0 spiro atoms. The van der Waals surface area contributed by atoms with Crippen molar-refractivity contribution in [3.63, 3.8) is 0 Å². The summed E-state index contributed by atoms with van der Waals surface area (Å²) in [6, 6.07) is 6.85. The summed E-state index contributed by atoms with van der Waals surface area (Å²) >= 11 is 3.25. The third-order valence-electron chi connectivity index (χ3n) is 1.86. The summed E-state index contributed by atoms with van der Waals surface area (Å²) < 4.78 is 30.8. The lowest BCUT2D eigenvalue weighted by Crippen LogP contribution is -2.06. The normalized spacial score (nSPS) is 24.1. The van der Waals surface area contributed by atoms with E-state index < -0.39 is 12.0 Å². The first-order valence-electron chi connectivity index (χ1n) is 3.88. The van der Waals surface area contributed by atoms with Crippen LogP contribution in [0.1, 0.15) is 6.42 Å². The van der Waals surface area contributed by atoms with Crippen LogP contribution in [0.2, 0.25) is 0 Å². The molecule has 1 aromatic carbocycles. The molecule has 0 N–H and O–H groups in total. The topological polar surface area (TPSA) is 9.23 Å². The maximum absolute atomic E-state index is 12.4. The fraction of sp³-hybridized carbons (Fsp3) is 0.333. The summed E-state index contributed by atoms with van der Waals surface area (Å²) in [5.41, 5.74) is 0. The summed E-state index contributed by atoms with van der Waals surface area (Å²) in [5.74, 6) is -2.13. The minimum atomic E-state index is -2.62. The fourth-order valence-electron chi connectivity index (χ4n) is 0.994. The number of benzene rings is 1. The maximum Gasteiger partial charge on any atom is 0.288 e. The maximum atomic E-state index is 12.4. The fourth-order valence-corrected chi connectivity index (χ4v) is 1.26. The molecule has 1 nitrogen and oxygen atoms in total. The number of rotatable bonds is 2. The molecule has 0 unspecified atom stereocenters. The van der Waals surface area contributed by atoms with E-state index in [0.717, 1.165) is 4.47 Å². The van der Waals surface area contributed by atoms with Crippen LogP contribution in [0.5, 0.6) is 5.75 Å². The first kappa shape index (κ1) is 8.94. The van der Waals surface area contributed by atoms with Crippen LogP contribution in [0.15, 0.2) is 28.7 Å². The molecule has 0 aromatic heterocycles. The summed E-state index contributed by atoms with van der Waals surface area (Å²) in [5, 5.41) is 0. The molecule has 1 atom stereocenters. The second kappa shape index (κ2) is 2.94. The monoisotopic (exact) mass is 248 g/mol. The van der Waals surface area contributed by atoms with Gasteiger partial charge in [0.25, 0.3) is 5.92 Å². The van der Waals surface area contributed by atoms with E-state index in [1.54, 1.807) is 24.3 Å². The molecule has 4 heteroatoms. The van der Waals surface area contributed by atoms with E-state index in [2.05, 4.69) is 15.9 Å². The van der Waals surface area contributed by atoms with Crippen molar-refractivity contribution in [2.45, 2.75) is 18.4 Å². The number of alkyl halides is 2. The van der Waals surface area contributed by atoms with Crippen molar-refractivity contribution < 1.29 is 13.5 Å². The van der Waals surface area contributed by atoms with Crippen LogP contribution in [0.4, 0.5) is 8.78 Å². The van der Waals surface area contributed by atoms with E-state index in [0.29, 0.717) is 5.75 Å². The van der Waals surface area contributed by atoms with Gasteiger partial charge in [-0.3, -0.25) is 0 Å². The lowest BCUT2D eigenvalue weighted by Gasteiger charge is -2.03. The predicted octanol–water partition coefficient (Wildman–Crippen LogP) is 3.24. The van der Waals surface area contributed by atoms with Crippen LogP contribution in [0.25, 0.3) is 0 Å². The highest BCUT2D eigenvalue weighted by Gasteiger charge is 2.59. The highest BCUT2D eigenvalue weighted by Crippen LogP contribution is 2.44. The summed E-state index contributed by atoms with van der Waals surface area (Å²) in [6.07, 6.45) is -1.09. The van der Waals surface area contributed by atoms with Crippen LogP contribution < -0.4 is 4.74 Å². The molecular weight excluding hydrogens is 242 g/mol. The van der Waals surface area contributed by atoms with Gasteiger partial charge in [0.05, 0.1) is 6.42 Å². The lowest BCUT2D eigenvalue weighted by molar-refractivity contribution is 0.0665. The molecule has 0 saturated heterocycles. The Bertz CT molecular complexity index is 310. The van der Waals surface area contributed by atoms with Crippen molar-refractivity contribution in [3.8, 4) is 5.75 Å². The average molecular weight is 249 g/mol. The predicted molar refractivity (Wildman–Crippen MR) is 48.1 cm³/mol. The summed E-state index contributed by atoms with van der Waals surface area (Å²) in [6.45, 7) is 0. The van der Waals surface area contributed by atoms with Gasteiger partial charge in [0, 0.05) is 4.47 Å². The Morgan fingerprint density at radius 1 is 1.31 bits per heavy atom. The average Bonchev–Trinajstić information content (AvgIpc) is 2.64. The van der Waals surface area contributed by atoms with Crippen molar-refractivity contribution >= 4 is 15.9 Å². The van der Waals surface area contributed by atoms with E-state index in [-0.39, 0.29) is 6.42 Å². The third kappa shape index (κ3) is 1.99. The first-order valence-corrected chi connectivity index (χ1v) is 4.67. The Balaban J connectivity index is 2.00. The molecule has 0 heterocycles. The van der Waals surface area contributed by atoms with Crippen LogP contribution in [-0.2, 0) is 0 Å². The van der Waals surface area contributed by atoms with Gasteiger partial charge in [-0.1, -0.05) is 15.9 Å². The summed E-state index contributed by atoms with van der Waals surface area (Å²) in [7, 11) is 0. The van der Waals surface area contributed by atoms with Gasteiger partial charge in [-0.2, -0.15) is 0 Å². The van der Waals surface area contributed by atoms with Crippen LogP contribution in [-0.4, -0.2) is 12.0 Å². The first-order chi connectivity index (χ1) is 6.08. The van der Waals surface area contributed by atoms with E-state index in [4.69, 9.17) is 4.74 Å². The molecule has 0 aliphatic heterocycles. The molecule has 2 rings (SSSR count). The number of hydrogen-bond donors (Lipinski definition) is 0. The Morgan fingerprint density at radius 3 is 2.31 bits per heavy atom. The van der Waals surface area contributed by atoms with Gasteiger partial charge in [-0.05, 0) is 24.3 Å². The van der Waals surface area contributed by atoms with Gasteiger partial charge >= 0.3 is 0 Å². The smallest absolute Gasteiger partial charge is 0.288 e. The van der Waals surface area contributed by atoms with Crippen molar-refractivity contribution in [2.75, 3.05) is 0 Å². The lowest BCUT2D eigenvalue weighted by atomic mass is 10.3. The number of ether oxygens (including phenoxy) is 1. The highest BCUT2D eigenvalue weighted by molar-refractivity contribution is 9.10. The van der Waals surface area contributed by atoms with E-state index in [9.17, 15) is 8.78 Å². The van der Waals surface area contributed by atoms with Gasteiger partial charge in [0.1, 0.15) is 5.75 Å². The van der Waals surface area contributed by atoms with Crippen molar-refractivity contribution in [1.29, 1.82) is 0 Å². The molecule has 1 aromatic rings. The van der Waals surface area contributed by atoms with Crippen LogP contribution >= 0.6 is 15.9 Å². The second-order valence-corrected chi connectivity index (χ2v) is 3.94. The molecule has 0 radical (unpaired) electrons. The Kier molecular flexibility index (Phi) is 2.02. The number of halogens is 3. The molecular formula is C9H7BrF2O. The Morgan fingerprint density at radius 2 is 1.85 bits per heavy atom. The SMILES string of the molecule is FC1(F)C[C@H]1Oc1ccc(Br)cc1. The van der Waals surface area contributed by atoms with E-state index in [1.165, 1.54) is 0 Å². The molecule has 0 bridgehead atoms. The minimum Gasteiger partial charge on any atom is -0.484 e. The quantitative estimate of drug-likeness (QED) is 0.781. The van der Waals surface area contributed by atoms with Gasteiger partial charge < -0.3 is 4.74 Å². The van der Waals surface area contributed by atoms with Gasteiger partial charge in [-0.25, -0.2) is 8.78 Å². The molecule has 1 aliphatic carbocycles. The van der Waals surface area contributed by atoms with Crippen LogP contribution in [0, 0.1) is 0 Å². The zero-order chi connectivity index (χ0) is 9.47. The Hall–Kier alpha value is -0.640. The highest BCUT2D eigenvalue weighted by atomic mass is 79.9. The minimum absolute atomic E-state index is 0.164. The molecule has 13 heavy (non-hydrogen) atoms. The third-order valence-corrected chi connectivity index (χ3v) is 2.39. The van der Waals surface area contributed by atoms with Crippen molar-refractivity contribution in [3.05, 3.63) is 28.7 Å². The molecule has 0 amide bonds. The van der Waals surface area contributed by atoms with Gasteiger partial charge in [-0.15, -0.1) is 0 Å². The summed E-state index contributed by atoms with van der Waals surface area (Å²) in [4.78, 5) is 0. The molecule has 1 aliphatic rings. The van der Waals surface area contributed by atoms with Crippen molar-refractivity contribution in [2.24, 2.45) is 0 Å². The molecule has 1 fully saturated rings. The van der Waals surface area contributed by atoms with E-state index >= 15 is 0 Å². The zero-order valence-corrected chi connectivity index (χ0v) is 8.22. The van der Waals surface area contributed by atoms with E-state index in [1.807, 2.05) is 0 Å². The zero-order valence-electron chi connectivity index (χ0n) is 6.64.